The first-order valence-electron chi connectivity index (χ1n) is 12.3. The summed E-state index contributed by atoms with van der Waals surface area (Å²) in [6.07, 6.45) is 6.59. The van der Waals surface area contributed by atoms with Gasteiger partial charge in [0.05, 0.1) is 0 Å². The summed E-state index contributed by atoms with van der Waals surface area (Å²) >= 11 is 0. The molecule has 0 radical (unpaired) electrons. The summed E-state index contributed by atoms with van der Waals surface area (Å²) in [6, 6.07) is 12.9. The number of amides is 3. The fourth-order valence-corrected chi connectivity index (χ4v) is 5.17. The second-order valence-corrected chi connectivity index (χ2v) is 9.42. The lowest BCUT2D eigenvalue weighted by molar-refractivity contribution is -0.126. The monoisotopic (exact) mass is 447 g/mol. The van der Waals surface area contributed by atoms with E-state index >= 15 is 0 Å². The van der Waals surface area contributed by atoms with E-state index in [2.05, 4.69) is 51.6 Å². The summed E-state index contributed by atoms with van der Waals surface area (Å²) in [4.78, 5) is 36.0. The van der Waals surface area contributed by atoms with Crippen molar-refractivity contribution in [2.45, 2.75) is 45.2 Å². The van der Waals surface area contributed by atoms with E-state index in [1.807, 2.05) is 16.0 Å². The van der Waals surface area contributed by atoms with Crippen LogP contribution >= 0.6 is 0 Å². The Labute approximate surface area is 195 Å². The molecule has 7 nitrogen and oxygen atoms in total. The molecule has 3 aliphatic heterocycles. The van der Waals surface area contributed by atoms with Crippen LogP contribution in [-0.4, -0.2) is 59.4 Å². The minimum absolute atomic E-state index is 0.0201. The second-order valence-electron chi connectivity index (χ2n) is 9.42. The van der Waals surface area contributed by atoms with Crippen LogP contribution in [0.15, 0.2) is 42.6 Å². The smallest absolute Gasteiger partial charge is 0.319 e. The summed E-state index contributed by atoms with van der Waals surface area (Å²) in [5.74, 6) is 1.04. The molecule has 1 N–H and O–H groups in total. The van der Waals surface area contributed by atoms with Crippen molar-refractivity contribution in [2.24, 2.45) is 5.92 Å². The molecule has 3 amide bonds. The maximum Gasteiger partial charge on any atom is 0.319 e. The molecule has 0 spiro atoms. The number of benzene rings is 1. The van der Waals surface area contributed by atoms with Gasteiger partial charge >= 0.3 is 6.03 Å². The molecule has 0 bridgehead atoms. The fourth-order valence-electron chi connectivity index (χ4n) is 5.17. The number of fused-ring (bicyclic) bond motifs is 1. The lowest BCUT2D eigenvalue weighted by Gasteiger charge is -2.34. The number of aromatic nitrogens is 1. The molecule has 5 rings (SSSR count). The highest BCUT2D eigenvalue weighted by molar-refractivity contribution is 5.79. The third-order valence-corrected chi connectivity index (χ3v) is 7.24. The van der Waals surface area contributed by atoms with Gasteiger partial charge < -0.3 is 20.0 Å². The summed E-state index contributed by atoms with van der Waals surface area (Å²) in [7, 11) is 0. The minimum atomic E-state index is -0.0201. The van der Waals surface area contributed by atoms with E-state index in [9.17, 15) is 9.59 Å². The molecule has 2 aromatic rings. The van der Waals surface area contributed by atoms with Gasteiger partial charge in [-0.25, -0.2) is 9.78 Å². The SMILES string of the molecule is O=C(NCc1ccc(N2CCc3ccccc3C2)nc1)C1CCN(C(=O)N2CCCC2)CC1. The predicted octanol–water partition coefficient (Wildman–Crippen LogP) is 3.19. The van der Waals surface area contributed by atoms with Gasteiger partial charge in [0.25, 0.3) is 0 Å². The average molecular weight is 448 g/mol. The molecule has 4 heterocycles. The van der Waals surface area contributed by atoms with E-state index in [0.717, 1.165) is 69.7 Å². The van der Waals surface area contributed by atoms with Gasteiger partial charge in [-0.05, 0) is 54.9 Å². The molecule has 33 heavy (non-hydrogen) atoms. The van der Waals surface area contributed by atoms with Crippen LogP contribution < -0.4 is 10.2 Å². The number of anilines is 1. The largest absolute Gasteiger partial charge is 0.352 e. The first kappa shape index (κ1) is 21.7. The molecule has 3 aliphatic rings. The number of carbonyl (C=O) groups excluding carboxylic acids is 2. The molecule has 174 valence electrons. The van der Waals surface area contributed by atoms with Crippen molar-refractivity contribution in [3.05, 3.63) is 59.3 Å². The van der Waals surface area contributed by atoms with Gasteiger partial charge in [0.2, 0.25) is 5.91 Å². The van der Waals surface area contributed by atoms with Gasteiger partial charge in [0.15, 0.2) is 0 Å². The molecule has 1 aromatic heterocycles. The Kier molecular flexibility index (Phi) is 6.46. The number of hydrogen-bond acceptors (Lipinski definition) is 4. The van der Waals surface area contributed by atoms with Crippen LogP contribution in [0.4, 0.5) is 10.6 Å². The minimum Gasteiger partial charge on any atom is -0.352 e. The lowest BCUT2D eigenvalue weighted by Crippen LogP contribution is -2.47. The Bertz CT molecular complexity index is 978. The van der Waals surface area contributed by atoms with Gasteiger partial charge in [-0.3, -0.25) is 4.79 Å². The van der Waals surface area contributed by atoms with E-state index < -0.39 is 0 Å². The van der Waals surface area contributed by atoms with Crippen molar-refractivity contribution in [3.8, 4) is 0 Å². The van der Waals surface area contributed by atoms with Gasteiger partial charge in [0, 0.05) is 57.9 Å². The summed E-state index contributed by atoms with van der Waals surface area (Å²) in [5, 5.41) is 3.07. The first-order valence-corrected chi connectivity index (χ1v) is 12.3. The van der Waals surface area contributed by atoms with Crippen LogP contribution in [-0.2, 0) is 24.3 Å². The highest BCUT2D eigenvalue weighted by Crippen LogP contribution is 2.23. The molecule has 2 saturated heterocycles. The zero-order valence-corrected chi connectivity index (χ0v) is 19.2. The zero-order valence-electron chi connectivity index (χ0n) is 19.2. The van der Waals surface area contributed by atoms with Crippen molar-refractivity contribution in [2.75, 3.05) is 37.6 Å². The average Bonchev–Trinajstić information content (AvgIpc) is 3.42. The quantitative estimate of drug-likeness (QED) is 0.782. The first-order chi connectivity index (χ1) is 16.2. The number of nitrogens with zero attached hydrogens (tertiary/aromatic N) is 4. The number of rotatable bonds is 4. The third kappa shape index (κ3) is 4.97. The Morgan fingerprint density at radius 3 is 2.36 bits per heavy atom. The number of urea groups is 1. The highest BCUT2D eigenvalue weighted by atomic mass is 16.2. The van der Waals surface area contributed by atoms with E-state index in [1.165, 1.54) is 11.1 Å². The molecule has 2 fully saturated rings. The molecular formula is C26H33N5O2. The van der Waals surface area contributed by atoms with E-state index in [0.29, 0.717) is 19.6 Å². The van der Waals surface area contributed by atoms with Crippen molar-refractivity contribution in [1.82, 2.24) is 20.1 Å². The van der Waals surface area contributed by atoms with Gasteiger partial charge in [0.1, 0.15) is 5.82 Å². The van der Waals surface area contributed by atoms with E-state index in [1.54, 1.807) is 0 Å². The molecule has 0 saturated carbocycles. The normalized spacial score (nSPS) is 18.8. The summed E-state index contributed by atoms with van der Waals surface area (Å²) in [6.45, 7) is 5.43. The van der Waals surface area contributed by atoms with Crippen molar-refractivity contribution >= 4 is 17.8 Å². The number of piperidine rings is 1. The molecule has 7 heteroatoms. The Morgan fingerprint density at radius 2 is 1.64 bits per heavy atom. The maximum atomic E-state index is 12.7. The van der Waals surface area contributed by atoms with Crippen molar-refractivity contribution in [3.63, 3.8) is 0 Å². The van der Waals surface area contributed by atoms with Gasteiger partial charge in [-0.1, -0.05) is 30.3 Å². The number of hydrogen-bond donors (Lipinski definition) is 1. The lowest BCUT2D eigenvalue weighted by atomic mass is 9.96. The molecular weight excluding hydrogens is 414 g/mol. The predicted molar refractivity (Wildman–Crippen MR) is 128 cm³/mol. The third-order valence-electron chi connectivity index (χ3n) is 7.24. The van der Waals surface area contributed by atoms with E-state index in [-0.39, 0.29) is 17.9 Å². The fraction of sp³-hybridized carbons (Fsp3) is 0.500. The maximum absolute atomic E-state index is 12.7. The highest BCUT2D eigenvalue weighted by Gasteiger charge is 2.30. The van der Waals surface area contributed by atoms with Gasteiger partial charge in [-0.15, -0.1) is 0 Å². The molecule has 0 aliphatic carbocycles. The van der Waals surface area contributed by atoms with E-state index in [4.69, 9.17) is 0 Å². The molecule has 0 atom stereocenters. The topological polar surface area (TPSA) is 68.8 Å². The van der Waals surface area contributed by atoms with Crippen molar-refractivity contribution < 1.29 is 9.59 Å². The Morgan fingerprint density at radius 1 is 0.909 bits per heavy atom. The van der Waals surface area contributed by atoms with Crippen LogP contribution in [0.1, 0.15) is 42.4 Å². The number of pyridine rings is 1. The molecule has 0 unspecified atom stereocenters. The van der Waals surface area contributed by atoms with Crippen LogP contribution in [0.3, 0.4) is 0 Å². The zero-order chi connectivity index (χ0) is 22.6. The standard InChI is InChI=1S/C26H33N5O2/c32-25(22-10-14-30(15-11-22)26(33)29-12-3-4-13-29)28-18-20-7-8-24(27-17-20)31-16-9-21-5-1-2-6-23(21)19-31/h1-2,5-8,17,22H,3-4,9-16,18-19H2,(H,28,32). The Hall–Kier alpha value is -3.09. The number of nitrogens with one attached hydrogen (secondary N) is 1. The van der Waals surface area contributed by atoms with Crippen molar-refractivity contribution in [1.29, 1.82) is 0 Å². The number of carbonyl (C=O) groups is 2. The number of likely N-dealkylation sites (tertiary alicyclic amines) is 2. The summed E-state index contributed by atoms with van der Waals surface area (Å²) in [5.41, 5.74) is 3.81. The van der Waals surface area contributed by atoms with Crippen LogP contribution in [0.5, 0.6) is 0 Å². The Balaban J connectivity index is 1.08. The van der Waals surface area contributed by atoms with Gasteiger partial charge in [-0.2, -0.15) is 0 Å². The van der Waals surface area contributed by atoms with Crippen LogP contribution in [0.25, 0.3) is 0 Å². The molecule has 1 aromatic carbocycles. The van der Waals surface area contributed by atoms with Crippen LogP contribution in [0.2, 0.25) is 0 Å². The second kappa shape index (κ2) is 9.81. The summed E-state index contributed by atoms with van der Waals surface area (Å²) < 4.78 is 0. The van der Waals surface area contributed by atoms with Crippen LogP contribution in [0, 0.1) is 5.92 Å².